The summed E-state index contributed by atoms with van der Waals surface area (Å²) in [7, 11) is -2.95. The molecule has 0 fully saturated rings. The Kier molecular flexibility index (Phi) is 6.85. The first-order valence-electron chi connectivity index (χ1n) is 7.88. The van der Waals surface area contributed by atoms with Crippen LogP contribution in [-0.4, -0.2) is 13.2 Å². The van der Waals surface area contributed by atoms with Crippen molar-refractivity contribution in [2.24, 2.45) is 0 Å². The van der Waals surface area contributed by atoms with Crippen molar-refractivity contribution in [2.45, 2.75) is 26.7 Å². The molecule has 0 aliphatic carbocycles. The molecule has 0 saturated heterocycles. The van der Waals surface area contributed by atoms with Crippen LogP contribution in [0.1, 0.15) is 26.7 Å². The summed E-state index contributed by atoms with van der Waals surface area (Å²) in [5.41, 5.74) is 0. The number of hydrogen-bond acceptors (Lipinski definition) is 3. The average molecular weight is 320 g/mol. The van der Waals surface area contributed by atoms with Crippen LogP contribution < -0.4 is 9.83 Å². The van der Waals surface area contributed by atoms with Gasteiger partial charge in [0.2, 0.25) is 0 Å². The Balaban J connectivity index is 2.34. The molecule has 2 aromatic rings. The fraction of sp³-hybridized carbons (Fsp3) is 0.333. The van der Waals surface area contributed by atoms with Gasteiger partial charge in [0.1, 0.15) is 0 Å². The third-order valence-electron chi connectivity index (χ3n) is 3.12. The molecule has 0 amide bonds. The van der Waals surface area contributed by atoms with Crippen LogP contribution in [0.4, 0.5) is 0 Å². The van der Waals surface area contributed by atoms with Crippen LogP contribution in [0.25, 0.3) is 0 Å². The van der Waals surface area contributed by atoms with E-state index < -0.39 is 7.94 Å². The van der Waals surface area contributed by atoms with Crippen LogP contribution in [-0.2, 0) is 9.05 Å². The number of hydrogen-bond donors (Lipinski definition) is 0. The topological polar surface area (TPSA) is 27.7 Å². The van der Waals surface area contributed by atoms with Gasteiger partial charge in [-0.1, -0.05) is 0 Å². The summed E-state index contributed by atoms with van der Waals surface area (Å²) in [6, 6.07) is 19.8. The summed E-state index contributed by atoms with van der Waals surface area (Å²) in [6.45, 7) is 5.42. The average Bonchev–Trinajstić information content (AvgIpc) is 2.59. The quantitative estimate of drug-likeness (QED) is 0.625. The van der Waals surface area contributed by atoms with Gasteiger partial charge < -0.3 is 0 Å². The first kappa shape index (κ1) is 17.0. The van der Waals surface area contributed by atoms with Gasteiger partial charge in [-0.3, -0.25) is 0 Å². The molecule has 0 radical (unpaired) electrons. The standard InChI is InChI=1S/C18H25O3P/c1-3-15-19-22(20-16-4-2,18-13-9-6-10-14-18)21-17-11-7-5-8-12-17/h5-14,22H,3-4,15-16H2,1-2H3. The summed E-state index contributed by atoms with van der Waals surface area (Å²) in [5, 5.41) is 1.00. The van der Waals surface area contributed by atoms with Crippen LogP contribution >= 0.6 is 7.94 Å². The van der Waals surface area contributed by atoms with Crippen molar-refractivity contribution in [1.82, 2.24) is 0 Å². The van der Waals surface area contributed by atoms with Crippen LogP contribution in [0.3, 0.4) is 0 Å². The van der Waals surface area contributed by atoms with E-state index in [1.165, 1.54) is 0 Å². The van der Waals surface area contributed by atoms with E-state index in [0.717, 1.165) is 23.9 Å². The molecule has 4 heteroatoms. The molecule has 0 aliphatic rings. The van der Waals surface area contributed by atoms with E-state index in [9.17, 15) is 0 Å². The first-order chi connectivity index (χ1) is 10.8. The molecule has 0 aromatic heterocycles. The third-order valence-corrected chi connectivity index (χ3v) is 5.83. The monoisotopic (exact) mass is 320 g/mol. The molecular formula is C18H25O3P. The Morgan fingerprint density at radius 3 is 1.73 bits per heavy atom. The van der Waals surface area contributed by atoms with Gasteiger partial charge >= 0.3 is 133 Å². The molecule has 22 heavy (non-hydrogen) atoms. The molecule has 2 rings (SSSR count). The zero-order valence-electron chi connectivity index (χ0n) is 13.3. The Hall–Kier alpha value is -1.41. The van der Waals surface area contributed by atoms with E-state index in [-0.39, 0.29) is 0 Å². The Morgan fingerprint density at radius 2 is 1.23 bits per heavy atom. The Bertz CT molecular complexity index is 523. The Morgan fingerprint density at radius 1 is 0.727 bits per heavy atom. The summed E-state index contributed by atoms with van der Waals surface area (Å²) in [6.07, 6.45) is 1.85. The molecular weight excluding hydrogens is 295 g/mol. The van der Waals surface area contributed by atoms with E-state index in [1.54, 1.807) is 0 Å². The minimum absolute atomic E-state index is 0.623. The summed E-state index contributed by atoms with van der Waals surface area (Å²) >= 11 is 0. The van der Waals surface area contributed by atoms with Gasteiger partial charge in [0.25, 0.3) is 0 Å². The molecule has 0 spiro atoms. The van der Waals surface area contributed by atoms with Gasteiger partial charge in [0.15, 0.2) is 0 Å². The second-order valence-corrected chi connectivity index (χ2v) is 7.51. The van der Waals surface area contributed by atoms with Crippen molar-refractivity contribution in [3.8, 4) is 5.75 Å². The van der Waals surface area contributed by atoms with E-state index in [1.807, 2.05) is 60.7 Å². The van der Waals surface area contributed by atoms with Gasteiger partial charge in [-0.05, 0) is 0 Å². The second-order valence-electron chi connectivity index (χ2n) is 5.03. The van der Waals surface area contributed by atoms with Gasteiger partial charge in [0.05, 0.1) is 0 Å². The normalized spacial score (nSPS) is 12.1. The summed E-state index contributed by atoms with van der Waals surface area (Å²) < 4.78 is 18.6. The molecule has 120 valence electrons. The zero-order chi connectivity index (χ0) is 15.7. The predicted molar refractivity (Wildman–Crippen MR) is 93.9 cm³/mol. The Labute approximate surface area is 133 Å². The molecule has 0 saturated carbocycles. The minimum atomic E-state index is -2.95. The molecule has 0 aliphatic heterocycles. The van der Waals surface area contributed by atoms with Gasteiger partial charge in [-0.15, -0.1) is 0 Å². The molecule has 0 N–H and O–H groups in total. The van der Waals surface area contributed by atoms with Crippen LogP contribution in [0.5, 0.6) is 5.75 Å². The van der Waals surface area contributed by atoms with Crippen molar-refractivity contribution >= 4 is 13.2 Å². The van der Waals surface area contributed by atoms with Gasteiger partial charge in [-0.2, -0.15) is 0 Å². The molecule has 0 unspecified atom stereocenters. The molecule has 2 aromatic carbocycles. The molecule has 0 heterocycles. The van der Waals surface area contributed by atoms with Gasteiger partial charge in [0, 0.05) is 0 Å². The van der Waals surface area contributed by atoms with Gasteiger partial charge in [-0.25, -0.2) is 0 Å². The number of benzene rings is 2. The first-order valence-corrected chi connectivity index (χ1v) is 9.60. The third kappa shape index (κ3) is 4.54. The number of para-hydroxylation sites is 1. The molecule has 3 nitrogen and oxygen atoms in total. The van der Waals surface area contributed by atoms with Crippen molar-refractivity contribution in [3.63, 3.8) is 0 Å². The molecule has 0 bridgehead atoms. The van der Waals surface area contributed by atoms with E-state index in [4.69, 9.17) is 13.6 Å². The van der Waals surface area contributed by atoms with Crippen LogP contribution in [0.2, 0.25) is 0 Å². The van der Waals surface area contributed by atoms with Crippen molar-refractivity contribution in [1.29, 1.82) is 0 Å². The van der Waals surface area contributed by atoms with Crippen LogP contribution in [0.15, 0.2) is 60.7 Å². The maximum atomic E-state index is 6.29. The predicted octanol–water partition coefficient (Wildman–Crippen LogP) is 4.74. The number of rotatable bonds is 9. The maximum absolute atomic E-state index is 6.29. The summed E-state index contributed by atoms with van der Waals surface area (Å²) in [5.74, 6) is 0.783. The second kappa shape index (κ2) is 8.89. The van der Waals surface area contributed by atoms with E-state index >= 15 is 0 Å². The SMILES string of the molecule is CCCO[PH](OCCC)(Oc1ccccc1)c1ccccc1. The van der Waals surface area contributed by atoms with Crippen molar-refractivity contribution < 1.29 is 13.6 Å². The molecule has 0 atom stereocenters. The van der Waals surface area contributed by atoms with Crippen LogP contribution in [0, 0.1) is 0 Å². The van der Waals surface area contributed by atoms with E-state index in [0.29, 0.717) is 13.2 Å². The van der Waals surface area contributed by atoms with E-state index in [2.05, 4.69) is 13.8 Å². The van der Waals surface area contributed by atoms with Crippen molar-refractivity contribution in [2.75, 3.05) is 13.2 Å². The zero-order valence-corrected chi connectivity index (χ0v) is 14.3. The summed E-state index contributed by atoms with van der Waals surface area (Å²) in [4.78, 5) is 0. The fourth-order valence-corrected chi connectivity index (χ4v) is 4.73. The fourth-order valence-electron chi connectivity index (χ4n) is 2.09. The van der Waals surface area contributed by atoms with Crippen molar-refractivity contribution in [3.05, 3.63) is 60.7 Å².